The number of rotatable bonds is 3. The minimum absolute atomic E-state index is 0.0327. The van der Waals surface area contributed by atoms with E-state index in [1.54, 1.807) is 18.8 Å². The van der Waals surface area contributed by atoms with E-state index in [2.05, 4.69) is 4.98 Å². The van der Waals surface area contributed by atoms with Gasteiger partial charge in [0.2, 0.25) is 0 Å². The molecule has 0 radical (unpaired) electrons. The molecule has 1 aliphatic rings. The first kappa shape index (κ1) is 12.4. The average molecular weight is 258 g/mol. The van der Waals surface area contributed by atoms with E-state index in [4.69, 9.17) is 9.31 Å². The maximum atomic E-state index is 12.4. The third-order valence-electron chi connectivity index (χ3n) is 3.54. The summed E-state index contributed by atoms with van der Waals surface area (Å²) >= 11 is 0. The first-order valence-electron chi connectivity index (χ1n) is 6.33. The molecule has 0 amide bonds. The van der Waals surface area contributed by atoms with Crippen molar-refractivity contribution in [1.29, 1.82) is 0 Å². The molecule has 0 aliphatic carbocycles. The Hall–Kier alpha value is -1.66. The molecular formula is C13H15BN2O3. The van der Waals surface area contributed by atoms with Gasteiger partial charge in [-0.3, -0.25) is 9.36 Å². The SMILES string of the molecule is COB(OC)c1ccc2nc3n(c(=O)c2c1)CCC3. The van der Waals surface area contributed by atoms with Crippen LogP contribution in [0.4, 0.5) is 0 Å². The van der Waals surface area contributed by atoms with E-state index in [-0.39, 0.29) is 5.56 Å². The molecule has 5 nitrogen and oxygen atoms in total. The van der Waals surface area contributed by atoms with Gasteiger partial charge in [-0.15, -0.1) is 0 Å². The van der Waals surface area contributed by atoms with Crippen LogP contribution in [-0.2, 0) is 22.3 Å². The van der Waals surface area contributed by atoms with Crippen molar-refractivity contribution in [2.24, 2.45) is 0 Å². The molecule has 0 saturated carbocycles. The first-order valence-corrected chi connectivity index (χ1v) is 6.33. The Morgan fingerprint density at radius 1 is 1.32 bits per heavy atom. The summed E-state index contributed by atoms with van der Waals surface area (Å²) in [6.07, 6.45) is 1.87. The van der Waals surface area contributed by atoms with Gasteiger partial charge in [-0.2, -0.15) is 0 Å². The molecule has 1 aliphatic heterocycles. The Bertz CT molecular complexity index is 679. The molecule has 2 aromatic rings. The average Bonchev–Trinajstić information content (AvgIpc) is 2.89. The summed E-state index contributed by atoms with van der Waals surface area (Å²) in [6.45, 7) is 0.763. The second kappa shape index (κ2) is 4.79. The van der Waals surface area contributed by atoms with Crippen LogP contribution in [-0.4, -0.2) is 30.9 Å². The topological polar surface area (TPSA) is 53.4 Å². The maximum Gasteiger partial charge on any atom is 0.493 e. The third kappa shape index (κ3) is 1.97. The summed E-state index contributed by atoms with van der Waals surface area (Å²) < 4.78 is 12.2. The van der Waals surface area contributed by atoms with Crippen molar-refractivity contribution in [3.8, 4) is 0 Å². The van der Waals surface area contributed by atoms with E-state index in [1.165, 1.54) is 0 Å². The van der Waals surface area contributed by atoms with Crippen molar-refractivity contribution >= 4 is 23.5 Å². The summed E-state index contributed by atoms with van der Waals surface area (Å²) in [5, 5.41) is 0.627. The molecule has 0 saturated heterocycles. The highest BCUT2D eigenvalue weighted by Gasteiger charge is 2.21. The van der Waals surface area contributed by atoms with Gasteiger partial charge in [0.1, 0.15) is 5.82 Å². The molecule has 0 unspecified atom stereocenters. The van der Waals surface area contributed by atoms with Crippen LogP contribution in [0.25, 0.3) is 10.9 Å². The molecule has 2 heterocycles. The number of hydrogen-bond acceptors (Lipinski definition) is 4. The van der Waals surface area contributed by atoms with E-state index < -0.39 is 7.12 Å². The van der Waals surface area contributed by atoms with Crippen molar-refractivity contribution in [2.45, 2.75) is 19.4 Å². The highest BCUT2D eigenvalue weighted by molar-refractivity contribution is 6.61. The minimum atomic E-state index is -0.456. The van der Waals surface area contributed by atoms with Crippen molar-refractivity contribution in [3.05, 3.63) is 34.4 Å². The fourth-order valence-corrected chi connectivity index (χ4v) is 2.62. The maximum absolute atomic E-state index is 12.4. The predicted molar refractivity (Wildman–Crippen MR) is 73.7 cm³/mol. The van der Waals surface area contributed by atoms with Crippen LogP contribution >= 0.6 is 0 Å². The van der Waals surface area contributed by atoms with E-state index in [0.29, 0.717) is 5.39 Å². The normalized spacial score (nSPS) is 13.8. The Morgan fingerprint density at radius 2 is 2.11 bits per heavy atom. The molecular weight excluding hydrogens is 243 g/mol. The van der Waals surface area contributed by atoms with Crippen LogP contribution in [0.15, 0.2) is 23.0 Å². The number of aryl methyl sites for hydroxylation is 1. The van der Waals surface area contributed by atoms with Crippen LogP contribution in [0.5, 0.6) is 0 Å². The first-order chi connectivity index (χ1) is 9.24. The largest absolute Gasteiger partial charge is 0.493 e. The molecule has 0 spiro atoms. The summed E-state index contributed by atoms with van der Waals surface area (Å²) in [4.78, 5) is 17.0. The van der Waals surface area contributed by atoms with Crippen LogP contribution in [0.1, 0.15) is 12.2 Å². The lowest BCUT2D eigenvalue weighted by Crippen LogP contribution is -2.35. The van der Waals surface area contributed by atoms with Gasteiger partial charge in [0.15, 0.2) is 0 Å². The molecule has 1 aromatic heterocycles. The molecule has 0 fully saturated rings. The summed E-state index contributed by atoms with van der Waals surface area (Å²) in [5.41, 5.74) is 1.60. The van der Waals surface area contributed by atoms with Crippen LogP contribution < -0.4 is 11.0 Å². The monoisotopic (exact) mass is 258 g/mol. The fourth-order valence-electron chi connectivity index (χ4n) is 2.62. The fraction of sp³-hybridized carbons (Fsp3) is 0.385. The van der Waals surface area contributed by atoms with Gasteiger partial charge in [-0.1, -0.05) is 6.07 Å². The zero-order chi connectivity index (χ0) is 13.4. The van der Waals surface area contributed by atoms with Gasteiger partial charge >= 0.3 is 7.12 Å². The minimum Gasteiger partial charge on any atom is -0.410 e. The van der Waals surface area contributed by atoms with Crippen molar-refractivity contribution in [1.82, 2.24) is 9.55 Å². The van der Waals surface area contributed by atoms with Crippen molar-refractivity contribution in [3.63, 3.8) is 0 Å². The van der Waals surface area contributed by atoms with Gasteiger partial charge < -0.3 is 9.31 Å². The van der Waals surface area contributed by atoms with Crippen LogP contribution in [0, 0.1) is 0 Å². The second-order valence-electron chi connectivity index (χ2n) is 4.67. The third-order valence-corrected chi connectivity index (χ3v) is 3.54. The number of nitrogens with zero attached hydrogens (tertiary/aromatic N) is 2. The Kier molecular flexibility index (Phi) is 3.12. The Labute approximate surface area is 111 Å². The number of benzene rings is 1. The molecule has 98 valence electrons. The van der Waals surface area contributed by atoms with E-state index in [1.807, 2.05) is 18.2 Å². The van der Waals surface area contributed by atoms with Crippen LogP contribution in [0.2, 0.25) is 0 Å². The zero-order valence-electron chi connectivity index (χ0n) is 11.0. The molecule has 1 aromatic carbocycles. The Balaban J connectivity index is 2.20. The summed E-state index contributed by atoms with van der Waals surface area (Å²) in [6, 6.07) is 5.56. The molecule has 6 heteroatoms. The molecule has 0 bridgehead atoms. The van der Waals surface area contributed by atoms with Gasteiger partial charge in [0, 0.05) is 27.2 Å². The quantitative estimate of drug-likeness (QED) is 0.744. The second-order valence-corrected chi connectivity index (χ2v) is 4.67. The van der Waals surface area contributed by atoms with Gasteiger partial charge in [0.05, 0.1) is 10.9 Å². The highest BCUT2D eigenvalue weighted by Crippen LogP contribution is 2.13. The standard InChI is InChI=1S/C13H15BN2O3/c1-18-14(19-2)9-5-6-11-10(8-9)13(17)16-7-3-4-12(16)15-11/h5-6,8H,3-4,7H2,1-2H3. The van der Waals surface area contributed by atoms with E-state index in [9.17, 15) is 4.79 Å². The molecule has 19 heavy (non-hydrogen) atoms. The van der Waals surface area contributed by atoms with Crippen molar-refractivity contribution in [2.75, 3.05) is 14.2 Å². The van der Waals surface area contributed by atoms with Gasteiger partial charge in [-0.05, 0) is 24.0 Å². The van der Waals surface area contributed by atoms with Crippen LogP contribution in [0.3, 0.4) is 0 Å². The van der Waals surface area contributed by atoms with Crippen molar-refractivity contribution < 1.29 is 9.31 Å². The molecule has 0 N–H and O–H groups in total. The Morgan fingerprint density at radius 3 is 2.84 bits per heavy atom. The number of hydrogen-bond donors (Lipinski definition) is 0. The summed E-state index contributed by atoms with van der Waals surface area (Å²) in [5.74, 6) is 0.889. The van der Waals surface area contributed by atoms with E-state index >= 15 is 0 Å². The van der Waals surface area contributed by atoms with Gasteiger partial charge in [0.25, 0.3) is 5.56 Å². The van der Waals surface area contributed by atoms with Gasteiger partial charge in [-0.25, -0.2) is 4.98 Å². The molecule has 3 rings (SSSR count). The summed E-state index contributed by atoms with van der Waals surface area (Å²) in [7, 11) is 2.69. The highest BCUT2D eigenvalue weighted by atomic mass is 16.6. The number of fused-ring (bicyclic) bond motifs is 2. The lowest BCUT2D eigenvalue weighted by atomic mass is 9.78. The smallest absolute Gasteiger partial charge is 0.410 e. The lowest BCUT2D eigenvalue weighted by Gasteiger charge is -2.10. The number of aromatic nitrogens is 2. The zero-order valence-corrected chi connectivity index (χ0v) is 11.0. The van der Waals surface area contributed by atoms with E-state index in [0.717, 1.165) is 36.2 Å². The molecule has 0 atom stereocenters. The predicted octanol–water partition coefficient (Wildman–Crippen LogP) is 0.331. The lowest BCUT2D eigenvalue weighted by molar-refractivity contribution is 0.292.